The number of aryl methyl sites for hydroxylation is 2. The summed E-state index contributed by atoms with van der Waals surface area (Å²) < 4.78 is 0. The van der Waals surface area contributed by atoms with Crippen LogP contribution in [-0.2, 0) is 9.59 Å². The van der Waals surface area contributed by atoms with Crippen molar-refractivity contribution in [1.29, 1.82) is 0 Å². The number of anilines is 1. The first-order chi connectivity index (χ1) is 10.5. The summed E-state index contributed by atoms with van der Waals surface area (Å²) in [5, 5.41) is 6.20. The quantitative estimate of drug-likeness (QED) is 0.890. The first kappa shape index (κ1) is 16.2. The van der Waals surface area contributed by atoms with E-state index in [0.717, 1.165) is 16.1 Å². The van der Waals surface area contributed by atoms with Gasteiger partial charge in [-0.25, -0.2) is 4.98 Å². The van der Waals surface area contributed by atoms with Crippen LogP contribution in [0.2, 0.25) is 0 Å². The minimum Gasteiger partial charge on any atom is -0.349 e. The van der Waals surface area contributed by atoms with Crippen molar-refractivity contribution in [3.63, 3.8) is 0 Å². The highest BCUT2D eigenvalue weighted by molar-refractivity contribution is 7.15. The van der Waals surface area contributed by atoms with Gasteiger partial charge in [0.2, 0.25) is 11.8 Å². The van der Waals surface area contributed by atoms with Gasteiger partial charge in [0.05, 0.1) is 18.2 Å². The van der Waals surface area contributed by atoms with Gasteiger partial charge < -0.3 is 10.6 Å². The first-order valence-electron chi connectivity index (χ1n) is 7.01. The molecule has 1 heterocycles. The van der Waals surface area contributed by atoms with E-state index in [1.54, 1.807) is 0 Å². The maximum atomic E-state index is 12.2. The molecule has 0 bridgehead atoms. The summed E-state index contributed by atoms with van der Waals surface area (Å²) in [5.74, 6) is -0.334. The van der Waals surface area contributed by atoms with Gasteiger partial charge in [-0.2, -0.15) is 0 Å². The molecule has 0 aliphatic rings. The van der Waals surface area contributed by atoms with Crippen molar-refractivity contribution < 1.29 is 9.59 Å². The number of rotatable bonds is 5. The van der Waals surface area contributed by atoms with Crippen LogP contribution >= 0.6 is 11.3 Å². The maximum Gasteiger partial charge on any atom is 0.228 e. The van der Waals surface area contributed by atoms with Crippen LogP contribution in [0.4, 0.5) is 5.13 Å². The molecule has 22 heavy (non-hydrogen) atoms. The van der Waals surface area contributed by atoms with Gasteiger partial charge >= 0.3 is 0 Å². The number of carbonyl (C=O) groups excluding carboxylic acids is 2. The average molecular weight is 317 g/mol. The largest absolute Gasteiger partial charge is 0.349 e. The van der Waals surface area contributed by atoms with Gasteiger partial charge in [-0.05, 0) is 19.4 Å². The molecule has 0 saturated heterocycles. The predicted molar refractivity (Wildman–Crippen MR) is 87.8 cm³/mol. The Labute approximate surface area is 133 Å². The highest BCUT2D eigenvalue weighted by atomic mass is 32.1. The van der Waals surface area contributed by atoms with Crippen LogP contribution in [0, 0.1) is 13.8 Å². The predicted octanol–water partition coefficient (Wildman–Crippen LogP) is 2.97. The Kier molecular flexibility index (Phi) is 5.27. The normalized spacial score (nSPS) is 11.8. The summed E-state index contributed by atoms with van der Waals surface area (Å²) in [4.78, 5) is 28.9. The number of benzene rings is 1. The van der Waals surface area contributed by atoms with E-state index in [4.69, 9.17) is 0 Å². The number of aromatic nitrogens is 1. The van der Waals surface area contributed by atoms with E-state index in [1.807, 2.05) is 44.2 Å². The average Bonchev–Trinajstić information content (AvgIpc) is 2.76. The van der Waals surface area contributed by atoms with Crippen LogP contribution in [0.25, 0.3) is 0 Å². The third-order valence-corrected chi connectivity index (χ3v) is 4.23. The zero-order valence-electron chi connectivity index (χ0n) is 12.8. The van der Waals surface area contributed by atoms with Gasteiger partial charge in [0, 0.05) is 11.8 Å². The Morgan fingerprint density at radius 1 is 1.23 bits per heavy atom. The highest BCUT2D eigenvalue weighted by Gasteiger charge is 2.18. The van der Waals surface area contributed by atoms with Crippen LogP contribution in [0.5, 0.6) is 0 Å². The molecule has 6 heteroatoms. The molecule has 2 aromatic rings. The van der Waals surface area contributed by atoms with Crippen molar-refractivity contribution in [2.75, 3.05) is 5.32 Å². The van der Waals surface area contributed by atoms with Crippen molar-refractivity contribution in [2.24, 2.45) is 0 Å². The Morgan fingerprint density at radius 2 is 1.91 bits per heavy atom. The van der Waals surface area contributed by atoms with Crippen molar-refractivity contribution in [2.45, 2.75) is 33.2 Å². The number of nitrogens with one attached hydrogen (secondary N) is 2. The van der Waals surface area contributed by atoms with Gasteiger partial charge in [0.15, 0.2) is 5.13 Å². The standard InChI is InChI=1S/C16H19N3O2S/c1-10-11(2)22-16(17-10)19-15(21)9-14(18-12(3)20)13-7-5-4-6-8-13/h4-8,14H,9H2,1-3H3,(H,18,20)(H,17,19,21)/t14-/m1/s1. The smallest absolute Gasteiger partial charge is 0.228 e. The lowest BCUT2D eigenvalue weighted by Gasteiger charge is -2.17. The van der Waals surface area contributed by atoms with Gasteiger partial charge in [-0.1, -0.05) is 30.3 Å². The summed E-state index contributed by atoms with van der Waals surface area (Å²) >= 11 is 1.45. The topological polar surface area (TPSA) is 71.1 Å². The van der Waals surface area contributed by atoms with Gasteiger partial charge in [-0.3, -0.25) is 9.59 Å². The van der Waals surface area contributed by atoms with Crippen molar-refractivity contribution in [3.8, 4) is 0 Å². The highest BCUT2D eigenvalue weighted by Crippen LogP contribution is 2.22. The number of thiazole rings is 1. The molecule has 2 N–H and O–H groups in total. The molecule has 2 amide bonds. The lowest BCUT2D eigenvalue weighted by molar-refractivity contribution is -0.120. The summed E-state index contributed by atoms with van der Waals surface area (Å²) in [6.45, 7) is 5.32. The molecule has 0 spiro atoms. The zero-order valence-corrected chi connectivity index (χ0v) is 13.7. The lowest BCUT2D eigenvalue weighted by atomic mass is 10.0. The number of hydrogen-bond donors (Lipinski definition) is 2. The molecular formula is C16H19N3O2S. The summed E-state index contributed by atoms with van der Waals surface area (Å²) in [6, 6.07) is 9.11. The van der Waals surface area contributed by atoms with E-state index in [9.17, 15) is 9.59 Å². The monoisotopic (exact) mass is 317 g/mol. The minimum atomic E-state index is -0.346. The number of amides is 2. The van der Waals surface area contributed by atoms with E-state index in [-0.39, 0.29) is 24.3 Å². The first-order valence-corrected chi connectivity index (χ1v) is 7.83. The van der Waals surface area contributed by atoms with Crippen LogP contribution < -0.4 is 10.6 Å². The molecule has 0 saturated carbocycles. The molecule has 0 unspecified atom stereocenters. The number of carbonyl (C=O) groups is 2. The van der Waals surface area contributed by atoms with E-state index < -0.39 is 0 Å². The fraction of sp³-hybridized carbons (Fsp3) is 0.312. The molecule has 1 aromatic carbocycles. The van der Waals surface area contributed by atoms with Gasteiger partial charge in [0.25, 0.3) is 0 Å². The molecule has 116 valence electrons. The third kappa shape index (κ3) is 4.39. The molecule has 2 rings (SSSR count). The number of nitrogens with zero attached hydrogens (tertiary/aromatic N) is 1. The van der Waals surface area contributed by atoms with Crippen molar-refractivity contribution >= 4 is 28.3 Å². The van der Waals surface area contributed by atoms with Crippen LogP contribution in [0.1, 0.15) is 35.5 Å². The molecule has 0 radical (unpaired) electrons. The Morgan fingerprint density at radius 3 is 2.45 bits per heavy atom. The SMILES string of the molecule is CC(=O)N[C@H](CC(=O)Nc1nc(C)c(C)s1)c1ccccc1. The van der Waals surface area contributed by atoms with Crippen LogP contribution in [0.3, 0.4) is 0 Å². The molecule has 0 aliphatic carbocycles. The van der Waals surface area contributed by atoms with E-state index in [2.05, 4.69) is 15.6 Å². The molecule has 1 aromatic heterocycles. The zero-order chi connectivity index (χ0) is 16.1. The molecule has 0 fully saturated rings. The van der Waals surface area contributed by atoms with E-state index in [0.29, 0.717) is 5.13 Å². The lowest BCUT2D eigenvalue weighted by Crippen LogP contribution is -2.29. The number of hydrogen-bond acceptors (Lipinski definition) is 4. The molecule has 5 nitrogen and oxygen atoms in total. The van der Waals surface area contributed by atoms with Gasteiger partial charge in [0.1, 0.15) is 0 Å². The van der Waals surface area contributed by atoms with Crippen molar-refractivity contribution in [3.05, 3.63) is 46.5 Å². The minimum absolute atomic E-state index is 0.164. The molecular weight excluding hydrogens is 298 g/mol. The maximum absolute atomic E-state index is 12.2. The Hall–Kier alpha value is -2.21. The molecule has 1 atom stereocenters. The summed E-state index contributed by atoms with van der Waals surface area (Å²) in [7, 11) is 0. The van der Waals surface area contributed by atoms with Gasteiger partial charge in [-0.15, -0.1) is 11.3 Å². The fourth-order valence-corrected chi connectivity index (χ4v) is 2.90. The fourth-order valence-electron chi connectivity index (χ4n) is 2.06. The molecule has 0 aliphatic heterocycles. The third-order valence-electron chi connectivity index (χ3n) is 3.24. The van der Waals surface area contributed by atoms with Crippen LogP contribution in [0.15, 0.2) is 30.3 Å². The second-order valence-electron chi connectivity index (χ2n) is 5.08. The second-order valence-corrected chi connectivity index (χ2v) is 6.28. The second kappa shape index (κ2) is 7.17. The Bertz CT molecular complexity index is 648. The van der Waals surface area contributed by atoms with Crippen molar-refractivity contribution in [1.82, 2.24) is 10.3 Å². The van der Waals surface area contributed by atoms with E-state index in [1.165, 1.54) is 18.3 Å². The van der Waals surface area contributed by atoms with Crippen LogP contribution in [-0.4, -0.2) is 16.8 Å². The van der Waals surface area contributed by atoms with E-state index >= 15 is 0 Å². The Balaban J connectivity index is 2.06. The summed E-state index contributed by atoms with van der Waals surface area (Å²) in [6.07, 6.45) is 0.168. The summed E-state index contributed by atoms with van der Waals surface area (Å²) in [5.41, 5.74) is 1.82.